The number of benzene rings is 1. The van der Waals surface area contributed by atoms with Gasteiger partial charge in [0.05, 0.1) is 7.11 Å². The molecule has 0 bridgehead atoms. The van der Waals surface area contributed by atoms with Crippen molar-refractivity contribution in [2.75, 3.05) is 31.6 Å². The molecule has 1 atom stereocenters. The largest absolute Gasteiger partial charge is 0.497 e. The van der Waals surface area contributed by atoms with Gasteiger partial charge in [0.15, 0.2) is 0 Å². The lowest BCUT2D eigenvalue weighted by Gasteiger charge is -2.24. The van der Waals surface area contributed by atoms with E-state index in [9.17, 15) is 0 Å². The van der Waals surface area contributed by atoms with Gasteiger partial charge < -0.3 is 20.7 Å². The minimum Gasteiger partial charge on any atom is -0.497 e. The van der Waals surface area contributed by atoms with Gasteiger partial charge in [0, 0.05) is 38.4 Å². The van der Waals surface area contributed by atoms with Gasteiger partial charge in [-0.15, -0.1) is 0 Å². The van der Waals surface area contributed by atoms with Crippen molar-refractivity contribution in [3.05, 3.63) is 54.2 Å². The Balaban J connectivity index is 2.00. The minimum absolute atomic E-state index is 0.167. The number of rotatable bonds is 9. The van der Waals surface area contributed by atoms with Gasteiger partial charge in [0.25, 0.3) is 0 Å². The number of pyridine rings is 1. The van der Waals surface area contributed by atoms with Crippen molar-refractivity contribution < 1.29 is 4.74 Å². The Hall–Kier alpha value is -2.11. The van der Waals surface area contributed by atoms with Crippen LogP contribution < -0.4 is 20.7 Å². The van der Waals surface area contributed by atoms with E-state index in [1.165, 1.54) is 5.56 Å². The van der Waals surface area contributed by atoms with E-state index in [4.69, 9.17) is 10.5 Å². The van der Waals surface area contributed by atoms with E-state index in [-0.39, 0.29) is 6.04 Å². The highest BCUT2D eigenvalue weighted by atomic mass is 16.5. The first kappa shape index (κ1) is 17.2. The number of nitrogens with zero attached hydrogens (tertiary/aromatic N) is 2. The monoisotopic (exact) mass is 314 g/mol. The molecule has 0 saturated carbocycles. The zero-order valence-corrected chi connectivity index (χ0v) is 13.9. The lowest BCUT2D eigenvalue weighted by atomic mass is 10.2. The summed E-state index contributed by atoms with van der Waals surface area (Å²) in [6, 6.07) is 14.3. The van der Waals surface area contributed by atoms with Crippen LogP contribution in [0.25, 0.3) is 0 Å². The quantitative estimate of drug-likeness (QED) is 0.694. The molecule has 3 N–H and O–H groups in total. The van der Waals surface area contributed by atoms with Crippen LogP contribution in [0.4, 0.5) is 5.82 Å². The average Bonchev–Trinajstić information content (AvgIpc) is 2.58. The molecule has 1 unspecified atom stereocenters. The molecule has 2 rings (SSSR count). The van der Waals surface area contributed by atoms with Gasteiger partial charge in [-0.2, -0.15) is 0 Å². The topological polar surface area (TPSA) is 63.4 Å². The highest BCUT2D eigenvalue weighted by Gasteiger charge is 2.08. The van der Waals surface area contributed by atoms with Crippen LogP contribution in [0.15, 0.2) is 48.7 Å². The maximum absolute atomic E-state index is 5.77. The fraction of sp³-hybridized carbons (Fsp3) is 0.389. The normalized spacial score (nSPS) is 12.0. The summed E-state index contributed by atoms with van der Waals surface area (Å²) in [4.78, 5) is 6.73. The number of nitrogens with one attached hydrogen (secondary N) is 1. The first-order valence-electron chi connectivity index (χ1n) is 7.94. The highest BCUT2D eigenvalue weighted by molar-refractivity contribution is 5.39. The third-order valence-electron chi connectivity index (χ3n) is 3.53. The first-order valence-corrected chi connectivity index (χ1v) is 7.94. The maximum atomic E-state index is 5.77. The Bertz CT molecular complexity index is 557. The second-order valence-electron chi connectivity index (χ2n) is 5.64. The van der Waals surface area contributed by atoms with Crippen molar-refractivity contribution in [2.45, 2.75) is 19.5 Å². The fourth-order valence-electron chi connectivity index (χ4n) is 2.31. The first-order chi connectivity index (χ1) is 11.2. The molecule has 1 heterocycles. The van der Waals surface area contributed by atoms with Crippen molar-refractivity contribution in [3.8, 4) is 5.75 Å². The van der Waals surface area contributed by atoms with E-state index < -0.39 is 0 Å². The zero-order chi connectivity index (χ0) is 16.5. The molecule has 1 aromatic carbocycles. The van der Waals surface area contributed by atoms with Crippen molar-refractivity contribution in [1.82, 2.24) is 10.3 Å². The van der Waals surface area contributed by atoms with Crippen molar-refractivity contribution in [2.24, 2.45) is 5.73 Å². The van der Waals surface area contributed by atoms with Crippen LogP contribution in [-0.4, -0.2) is 37.8 Å². The molecule has 0 fully saturated rings. The van der Waals surface area contributed by atoms with E-state index in [0.29, 0.717) is 0 Å². The molecule has 124 valence electrons. The van der Waals surface area contributed by atoms with Gasteiger partial charge in [-0.1, -0.05) is 18.2 Å². The Morgan fingerprint density at radius 3 is 2.61 bits per heavy atom. The van der Waals surface area contributed by atoms with Crippen LogP contribution in [0.3, 0.4) is 0 Å². The standard InChI is InChI=1S/C18H26N4O/c1-15(19)13-20-11-12-22(18-5-3-4-10-21-18)14-16-6-8-17(23-2)9-7-16/h3-10,15,20H,11-14,19H2,1-2H3. The third-order valence-corrected chi connectivity index (χ3v) is 3.53. The smallest absolute Gasteiger partial charge is 0.128 e. The molecule has 0 aliphatic rings. The molecule has 0 radical (unpaired) electrons. The Labute approximate surface area is 138 Å². The number of anilines is 1. The molecular weight excluding hydrogens is 288 g/mol. The van der Waals surface area contributed by atoms with Crippen molar-refractivity contribution >= 4 is 5.82 Å². The van der Waals surface area contributed by atoms with Crippen LogP contribution >= 0.6 is 0 Å². The summed E-state index contributed by atoms with van der Waals surface area (Å²) in [6.45, 7) is 5.37. The molecule has 0 aliphatic carbocycles. The number of methoxy groups -OCH3 is 1. The van der Waals surface area contributed by atoms with Gasteiger partial charge in [-0.3, -0.25) is 0 Å². The molecule has 0 amide bonds. The Morgan fingerprint density at radius 2 is 2.00 bits per heavy atom. The summed E-state index contributed by atoms with van der Waals surface area (Å²) < 4.78 is 5.21. The average molecular weight is 314 g/mol. The third kappa shape index (κ3) is 5.88. The molecule has 5 heteroatoms. The van der Waals surface area contributed by atoms with Crippen molar-refractivity contribution in [1.29, 1.82) is 0 Å². The molecule has 0 saturated heterocycles. The maximum Gasteiger partial charge on any atom is 0.128 e. The molecule has 23 heavy (non-hydrogen) atoms. The van der Waals surface area contributed by atoms with E-state index in [1.807, 2.05) is 43.5 Å². The highest BCUT2D eigenvalue weighted by Crippen LogP contribution is 2.16. The predicted molar refractivity (Wildman–Crippen MR) is 94.8 cm³/mol. The summed E-state index contributed by atoms with van der Waals surface area (Å²) in [5.41, 5.74) is 7.00. The Kier molecular flexibility index (Phi) is 6.84. The summed E-state index contributed by atoms with van der Waals surface area (Å²) in [5, 5.41) is 3.37. The molecule has 1 aromatic heterocycles. The second kappa shape index (κ2) is 9.12. The van der Waals surface area contributed by atoms with Gasteiger partial charge in [-0.25, -0.2) is 4.98 Å². The summed E-state index contributed by atoms with van der Waals surface area (Å²) in [5.74, 6) is 1.85. The Morgan fingerprint density at radius 1 is 1.22 bits per heavy atom. The SMILES string of the molecule is COc1ccc(CN(CCNCC(C)N)c2ccccn2)cc1. The summed E-state index contributed by atoms with van der Waals surface area (Å²) in [7, 11) is 1.68. The number of nitrogens with two attached hydrogens (primary N) is 1. The molecular formula is C18H26N4O. The minimum atomic E-state index is 0.167. The van der Waals surface area contributed by atoms with E-state index in [1.54, 1.807) is 7.11 Å². The van der Waals surface area contributed by atoms with Gasteiger partial charge in [0.1, 0.15) is 11.6 Å². The van der Waals surface area contributed by atoms with Gasteiger partial charge in [0.2, 0.25) is 0 Å². The van der Waals surface area contributed by atoms with Gasteiger partial charge >= 0.3 is 0 Å². The van der Waals surface area contributed by atoms with Crippen LogP contribution in [0.2, 0.25) is 0 Å². The lowest BCUT2D eigenvalue weighted by molar-refractivity contribution is 0.414. The van der Waals surface area contributed by atoms with Crippen LogP contribution in [0, 0.1) is 0 Å². The van der Waals surface area contributed by atoms with Gasteiger partial charge in [-0.05, 0) is 36.8 Å². The van der Waals surface area contributed by atoms with Crippen LogP contribution in [0.1, 0.15) is 12.5 Å². The van der Waals surface area contributed by atoms with Crippen LogP contribution in [-0.2, 0) is 6.54 Å². The van der Waals surface area contributed by atoms with E-state index in [2.05, 4.69) is 27.3 Å². The fourth-order valence-corrected chi connectivity index (χ4v) is 2.31. The number of aromatic nitrogens is 1. The predicted octanol–water partition coefficient (Wildman–Crippen LogP) is 2.03. The molecule has 0 aliphatic heterocycles. The molecule has 2 aromatic rings. The zero-order valence-electron chi connectivity index (χ0n) is 13.9. The number of hydrogen-bond acceptors (Lipinski definition) is 5. The number of ether oxygens (including phenoxy) is 1. The van der Waals surface area contributed by atoms with E-state index in [0.717, 1.165) is 37.7 Å². The van der Waals surface area contributed by atoms with Crippen molar-refractivity contribution in [3.63, 3.8) is 0 Å². The second-order valence-corrected chi connectivity index (χ2v) is 5.64. The molecule has 0 spiro atoms. The van der Waals surface area contributed by atoms with Crippen LogP contribution in [0.5, 0.6) is 5.75 Å². The molecule has 5 nitrogen and oxygen atoms in total. The summed E-state index contributed by atoms with van der Waals surface area (Å²) in [6.07, 6.45) is 1.83. The van der Waals surface area contributed by atoms with E-state index >= 15 is 0 Å². The lowest BCUT2D eigenvalue weighted by Crippen LogP contribution is -2.37. The summed E-state index contributed by atoms with van der Waals surface area (Å²) >= 11 is 0. The number of hydrogen-bond donors (Lipinski definition) is 2.